The van der Waals surface area contributed by atoms with Crippen molar-refractivity contribution in [3.05, 3.63) is 64.5 Å². The first-order valence-corrected chi connectivity index (χ1v) is 8.04. The van der Waals surface area contributed by atoms with Gasteiger partial charge in [-0.05, 0) is 18.6 Å². The fourth-order valence-corrected chi connectivity index (χ4v) is 3.26. The quantitative estimate of drug-likeness (QED) is 0.661. The van der Waals surface area contributed by atoms with Crippen LogP contribution in [0.15, 0.2) is 54.6 Å². The van der Waals surface area contributed by atoms with Crippen LogP contribution in [0.25, 0.3) is 11.3 Å². The largest absolute Gasteiger partial charge is 0.330 e. The molecule has 1 aromatic heterocycles. The Balaban J connectivity index is 1.95. The Bertz CT molecular complexity index is 738. The second-order valence-electron chi connectivity index (χ2n) is 4.62. The van der Waals surface area contributed by atoms with Crippen molar-refractivity contribution in [2.75, 3.05) is 5.32 Å². The van der Waals surface area contributed by atoms with Gasteiger partial charge in [0.2, 0.25) is 0 Å². The lowest BCUT2D eigenvalue weighted by atomic mass is 10.1. The van der Waals surface area contributed by atoms with Crippen molar-refractivity contribution in [3.63, 3.8) is 0 Å². The van der Waals surface area contributed by atoms with E-state index in [0.717, 1.165) is 28.5 Å². The highest BCUT2D eigenvalue weighted by atomic mass is 35.5. The maximum Gasteiger partial charge on any atom is 0.188 e. The Hall–Kier alpha value is -1.84. The molecule has 0 amide bonds. The number of thiazole rings is 1. The van der Waals surface area contributed by atoms with E-state index in [1.54, 1.807) is 11.3 Å². The standard InChI is InChI=1S/C17H15ClN2S/c1-2-15-16(12-8-4-3-5-9-12)20-17(21-15)19-14-11-7-6-10-13(14)18/h3-11H,2H2,1H3,(H,19,20). The lowest BCUT2D eigenvalue weighted by Gasteiger charge is -2.03. The van der Waals surface area contributed by atoms with Gasteiger partial charge in [-0.25, -0.2) is 4.98 Å². The van der Waals surface area contributed by atoms with Gasteiger partial charge >= 0.3 is 0 Å². The van der Waals surface area contributed by atoms with E-state index in [9.17, 15) is 0 Å². The summed E-state index contributed by atoms with van der Waals surface area (Å²) in [7, 11) is 0. The monoisotopic (exact) mass is 314 g/mol. The molecule has 1 N–H and O–H groups in total. The first-order chi connectivity index (χ1) is 10.3. The summed E-state index contributed by atoms with van der Waals surface area (Å²) in [4.78, 5) is 6.01. The maximum absolute atomic E-state index is 6.19. The molecule has 0 aliphatic heterocycles. The van der Waals surface area contributed by atoms with Crippen LogP contribution in [0, 0.1) is 0 Å². The van der Waals surface area contributed by atoms with Gasteiger partial charge in [-0.1, -0.05) is 61.0 Å². The third-order valence-corrected chi connectivity index (χ3v) is 4.63. The topological polar surface area (TPSA) is 24.9 Å². The Morgan fingerprint density at radius 1 is 1.05 bits per heavy atom. The van der Waals surface area contributed by atoms with Crippen LogP contribution in [-0.2, 0) is 6.42 Å². The number of benzene rings is 2. The van der Waals surface area contributed by atoms with Crippen LogP contribution in [-0.4, -0.2) is 4.98 Å². The number of hydrogen-bond donors (Lipinski definition) is 1. The second kappa shape index (κ2) is 6.29. The molecule has 3 aromatic rings. The third kappa shape index (κ3) is 3.09. The van der Waals surface area contributed by atoms with Crippen molar-refractivity contribution < 1.29 is 0 Å². The molecule has 106 valence electrons. The van der Waals surface area contributed by atoms with Gasteiger partial charge in [0, 0.05) is 10.4 Å². The van der Waals surface area contributed by atoms with Gasteiger partial charge in [0.05, 0.1) is 16.4 Å². The van der Waals surface area contributed by atoms with Gasteiger partial charge in [0.1, 0.15) is 0 Å². The fraction of sp³-hybridized carbons (Fsp3) is 0.118. The molecular weight excluding hydrogens is 300 g/mol. The molecule has 0 fully saturated rings. The molecule has 0 unspecified atom stereocenters. The van der Waals surface area contributed by atoms with E-state index in [-0.39, 0.29) is 0 Å². The number of aryl methyl sites for hydroxylation is 1. The summed E-state index contributed by atoms with van der Waals surface area (Å²) in [6, 6.07) is 18.0. The average Bonchev–Trinajstić information content (AvgIpc) is 2.93. The number of hydrogen-bond acceptors (Lipinski definition) is 3. The number of nitrogens with zero attached hydrogens (tertiary/aromatic N) is 1. The SMILES string of the molecule is CCc1sc(Nc2ccccc2Cl)nc1-c1ccccc1. The molecular formula is C17H15ClN2S. The molecule has 0 radical (unpaired) electrons. The van der Waals surface area contributed by atoms with Crippen molar-refractivity contribution in [1.29, 1.82) is 0 Å². The number of halogens is 1. The van der Waals surface area contributed by atoms with Crippen LogP contribution >= 0.6 is 22.9 Å². The van der Waals surface area contributed by atoms with E-state index in [2.05, 4.69) is 24.4 Å². The number of rotatable bonds is 4. The summed E-state index contributed by atoms with van der Waals surface area (Å²) in [5, 5.41) is 4.89. The van der Waals surface area contributed by atoms with Crippen LogP contribution in [0.1, 0.15) is 11.8 Å². The van der Waals surface area contributed by atoms with E-state index >= 15 is 0 Å². The maximum atomic E-state index is 6.19. The summed E-state index contributed by atoms with van der Waals surface area (Å²) in [5.41, 5.74) is 3.09. The number of para-hydroxylation sites is 1. The molecule has 0 aliphatic carbocycles. The lowest BCUT2D eigenvalue weighted by molar-refractivity contribution is 1.17. The van der Waals surface area contributed by atoms with Crippen LogP contribution in [0.4, 0.5) is 10.8 Å². The number of aromatic nitrogens is 1. The molecule has 0 bridgehead atoms. The van der Waals surface area contributed by atoms with Crippen molar-refractivity contribution in [3.8, 4) is 11.3 Å². The minimum absolute atomic E-state index is 0.701. The van der Waals surface area contributed by atoms with Gasteiger partial charge in [0.25, 0.3) is 0 Å². The molecule has 0 spiro atoms. The van der Waals surface area contributed by atoms with Gasteiger partial charge in [0.15, 0.2) is 5.13 Å². The predicted molar refractivity (Wildman–Crippen MR) is 91.7 cm³/mol. The Morgan fingerprint density at radius 3 is 2.48 bits per heavy atom. The Morgan fingerprint density at radius 2 is 1.76 bits per heavy atom. The lowest BCUT2D eigenvalue weighted by Crippen LogP contribution is -1.90. The van der Waals surface area contributed by atoms with Gasteiger partial charge in [-0.15, -0.1) is 11.3 Å². The zero-order valence-electron chi connectivity index (χ0n) is 11.6. The van der Waals surface area contributed by atoms with E-state index in [0.29, 0.717) is 5.02 Å². The third-order valence-electron chi connectivity index (χ3n) is 3.18. The van der Waals surface area contributed by atoms with Crippen molar-refractivity contribution >= 4 is 33.8 Å². The van der Waals surface area contributed by atoms with Crippen LogP contribution in [0.2, 0.25) is 5.02 Å². The zero-order valence-corrected chi connectivity index (χ0v) is 13.2. The van der Waals surface area contributed by atoms with Gasteiger partial charge in [-0.2, -0.15) is 0 Å². The molecule has 1 heterocycles. The minimum Gasteiger partial charge on any atom is -0.330 e. The highest BCUT2D eigenvalue weighted by Gasteiger charge is 2.12. The summed E-state index contributed by atoms with van der Waals surface area (Å²) >= 11 is 7.86. The fourth-order valence-electron chi connectivity index (χ4n) is 2.14. The van der Waals surface area contributed by atoms with Gasteiger partial charge in [-0.3, -0.25) is 0 Å². The van der Waals surface area contributed by atoms with Crippen LogP contribution < -0.4 is 5.32 Å². The Labute approximate surface area is 133 Å². The molecule has 21 heavy (non-hydrogen) atoms. The molecule has 2 nitrogen and oxygen atoms in total. The van der Waals surface area contributed by atoms with Crippen LogP contribution in [0.3, 0.4) is 0 Å². The Kier molecular flexibility index (Phi) is 4.23. The molecule has 3 rings (SSSR count). The second-order valence-corrected chi connectivity index (χ2v) is 6.11. The van der Waals surface area contributed by atoms with Gasteiger partial charge < -0.3 is 5.32 Å². The first kappa shape index (κ1) is 14.1. The van der Waals surface area contributed by atoms with Crippen molar-refractivity contribution in [2.24, 2.45) is 0 Å². The van der Waals surface area contributed by atoms with Crippen molar-refractivity contribution in [1.82, 2.24) is 4.98 Å². The normalized spacial score (nSPS) is 10.6. The smallest absolute Gasteiger partial charge is 0.188 e. The van der Waals surface area contributed by atoms with E-state index in [1.807, 2.05) is 42.5 Å². The summed E-state index contributed by atoms with van der Waals surface area (Å²) in [5.74, 6) is 0. The minimum atomic E-state index is 0.701. The number of anilines is 2. The molecule has 0 saturated heterocycles. The highest BCUT2D eigenvalue weighted by molar-refractivity contribution is 7.16. The summed E-state index contributed by atoms with van der Waals surface area (Å²) in [6.07, 6.45) is 0.964. The molecule has 2 aromatic carbocycles. The zero-order chi connectivity index (χ0) is 14.7. The van der Waals surface area contributed by atoms with E-state index in [4.69, 9.17) is 16.6 Å². The highest BCUT2D eigenvalue weighted by Crippen LogP contribution is 2.34. The number of nitrogens with one attached hydrogen (secondary N) is 1. The molecule has 0 atom stereocenters. The predicted octanol–water partition coefficient (Wildman–Crippen LogP) is 5.77. The summed E-state index contributed by atoms with van der Waals surface area (Å²) < 4.78 is 0. The first-order valence-electron chi connectivity index (χ1n) is 6.84. The van der Waals surface area contributed by atoms with E-state index in [1.165, 1.54) is 4.88 Å². The average molecular weight is 315 g/mol. The van der Waals surface area contributed by atoms with Crippen LogP contribution in [0.5, 0.6) is 0 Å². The summed E-state index contributed by atoms with van der Waals surface area (Å²) in [6.45, 7) is 2.15. The molecule has 0 saturated carbocycles. The molecule has 0 aliphatic rings. The van der Waals surface area contributed by atoms with E-state index < -0.39 is 0 Å². The van der Waals surface area contributed by atoms with Crippen molar-refractivity contribution in [2.45, 2.75) is 13.3 Å². The molecule has 4 heteroatoms.